The molecule has 0 heterocycles. The van der Waals surface area contributed by atoms with Gasteiger partial charge in [-0.25, -0.2) is 18.2 Å². The molecule has 0 atom stereocenters. The van der Waals surface area contributed by atoms with Crippen molar-refractivity contribution >= 4 is 27.8 Å². The SMILES string of the molecule is COc1ccc(/C=N\NC(=O)CN(c2ccc(F)cc2)S(=O)(=O)c2ccc(C)cc2)c(OC)c1. The molecule has 0 aliphatic heterocycles. The Morgan fingerprint density at radius 1 is 1.03 bits per heavy atom. The van der Waals surface area contributed by atoms with Gasteiger partial charge in [0.15, 0.2) is 0 Å². The summed E-state index contributed by atoms with van der Waals surface area (Å²) in [6.07, 6.45) is 1.37. The van der Waals surface area contributed by atoms with Crippen LogP contribution in [0.3, 0.4) is 0 Å². The Morgan fingerprint density at radius 3 is 2.32 bits per heavy atom. The maximum atomic E-state index is 13.4. The lowest BCUT2D eigenvalue weighted by Crippen LogP contribution is -2.39. The molecule has 0 spiro atoms. The zero-order valence-corrected chi connectivity index (χ0v) is 19.7. The van der Waals surface area contributed by atoms with Crippen molar-refractivity contribution < 1.29 is 27.1 Å². The summed E-state index contributed by atoms with van der Waals surface area (Å²) < 4.78 is 51.3. The number of amides is 1. The van der Waals surface area contributed by atoms with Crippen LogP contribution < -0.4 is 19.2 Å². The third-order valence-corrected chi connectivity index (χ3v) is 6.63. The largest absolute Gasteiger partial charge is 0.497 e. The molecule has 178 valence electrons. The maximum Gasteiger partial charge on any atom is 0.264 e. The van der Waals surface area contributed by atoms with Gasteiger partial charge in [0.1, 0.15) is 23.9 Å². The zero-order chi connectivity index (χ0) is 24.7. The number of rotatable bonds is 9. The van der Waals surface area contributed by atoms with Crippen LogP contribution in [0.2, 0.25) is 0 Å². The van der Waals surface area contributed by atoms with Crippen molar-refractivity contribution in [1.82, 2.24) is 5.43 Å². The number of carbonyl (C=O) groups is 1. The third-order valence-electron chi connectivity index (χ3n) is 4.84. The number of aryl methyl sites for hydroxylation is 1. The molecule has 0 radical (unpaired) electrons. The number of hydrazone groups is 1. The van der Waals surface area contributed by atoms with Gasteiger partial charge in [-0.15, -0.1) is 0 Å². The Bertz CT molecular complexity index is 1280. The minimum absolute atomic E-state index is 0.00157. The summed E-state index contributed by atoms with van der Waals surface area (Å²) in [6.45, 7) is 1.26. The smallest absolute Gasteiger partial charge is 0.264 e. The first-order chi connectivity index (χ1) is 16.2. The summed E-state index contributed by atoms with van der Waals surface area (Å²) >= 11 is 0. The topological polar surface area (TPSA) is 97.3 Å². The third kappa shape index (κ3) is 5.90. The number of hydrogen-bond donors (Lipinski definition) is 1. The lowest BCUT2D eigenvalue weighted by molar-refractivity contribution is -0.119. The van der Waals surface area contributed by atoms with Crippen LogP contribution in [-0.4, -0.2) is 41.3 Å². The van der Waals surface area contributed by atoms with E-state index in [4.69, 9.17) is 9.47 Å². The molecule has 1 N–H and O–H groups in total. The molecule has 0 saturated heterocycles. The normalized spacial score (nSPS) is 11.3. The fraction of sp³-hybridized carbons (Fsp3) is 0.167. The lowest BCUT2D eigenvalue weighted by atomic mass is 10.2. The standard InChI is InChI=1S/C24H24FN3O5S/c1-17-4-12-22(13-5-17)34(30,31)28(20-9-7-19(25)8-10-20)16-24(29)27-26-15-18-6-11-21(32-2)14-23(18)33-3/h4-15H,16H2,1-3H3,(H,27,29)/b26-15-. The van der Waals surface area contributed by atoms with Crippen molar-refractivity contribution in [2.75, 3.05) is 25.1 Å². The Morgan fingerprint density at radius 2 is 1.71 bits per heavy atom. The van der Waals surface area contributed by atoms with Crippen LogP contribution in [0.1, 0.15) is 11.1 Å². The molecule has 0 aromatic heterocycles. The predicted molar refractivity (Wildman–Crippen MR) is 127 cm³/mol. The second-order valence-corrected chi connectivity index (χ2v) is 9.06. The molecule has 0 unspecified atom stereocenters. The summed E-state index contributed by atoms with van der Waals surface area (Å²) in [7, 11) is -1.09. The summed E-state index contributed by atoms with van der Waals surface area (Å²) in [5, 5.41) is 3.91. The van der Waals surface area contributed by atoms with E-state index in [1.807, 2.05) is 6.92 Å². The molecule has 0 aliphatic rings. The summed E-state index contributed by atoms with van der Waals surface area (Å²) in [5.41, 5.74) is 3.91. The average molecular weight is 486 g/mol. The van der Waals surface area contributed by atoms with E-state index in [0.29, 0.717) is 17.1 Å². The van der Waals surface area contributed by atoms with Crippen LogP contribution in [0, 0.1) is 12.7 Å². The molecule has 0 bridgehead atoms. The molecule has 3 aromatic carbocycles. The first-order valence-electron chi connectivity index (χ1n) is 10.1. The van der Waals surface area contributed by atoms with Crippen LogP contribution in [0.15, 0.2) is 76.7 Å². The van der Waals surface area contributed by atoms with E-state index < -0.39 is 28.3 Å². The number of benzene rings is 3. The molecule has 8 nitrogen and oxygen atoms in total. The number of halogens is 1. The van der Waals surface area contributed by atoms with Crippen LogP contribution >= 0.6 is 0 Å². The highest BCUT2D eigenvalue weighted by molar-refractivity contribution is 7.92. The van der Waals surface area contributed by atoms with Gasteiger partial charge < -0.3 is 9.47 Å². The van der Waals surface area contributed by atoms with Crippen molar-refractivity contribution in [2.24, 2.45) is 5.10 Å². The fourth-order valence-electron chi connectivity index (χ4n) is 3.02. The summed E-state index contributed by atoms with van der Waals surface area (Å²) in [5.74, 6) is -0.149. The Hall–Kier alpha value is -3.92. The predicted octanol–water partition coefficient (Wildman–Crippen LogP) is 3.50. The van der Waals surface area contributed by atoms with Gasteiger partial charge in [-0.1, -0.05) is 17.7 Å². The number of sulfonamides is 1. The Labute approximate surface area is 197 Å². The van der Waals surface area contributed by atoms with Gasteiger partial charge in [-0.2, -0.15) is 5.10 Å². The molecular formula is C24H24FN3O5S. The monoisotopic (exact) mass is 485 g/mol. The second-order valence-electron chi connectivity index (χ2n) is 7.20. The first-order valence-corrected chi connectivity index (χ1v) is 11.6. The van der Waals surface area contributed by atoms with Gasteiger partial charge >= 0.3 is 0 Å². The van der Waals surface area contributed by atoms with Gasteiger partial charge in [0, 0.05) is 11.6 Å². The second kappa shape index (κ2) is 10.8. The zero-order valence-electron chi connectivity index (χ0n) is 18.9. The van der Waals surface area contributed by atoms with E-state index in [2.05, 4.69) is 10.5 Å². The molecule has 34 heavy (non-hydrogen) atoms. The van der Waals surface area contributed by atoms with Crippen molar-refractivity contribution in [3.05, 3.63) is 83.7 Å². The number of methoxy groups -OCH3 is 2. The highest BCUT2D eigenvalue weighted by Crippen LogP contribution is 2.25. The number of nitrogens with zero attached hydrogens (tertiary/aromatic N) is 2. The van der Waals surface area contributed by atoms with Crippen LogP contribution in [0.25, 0.3) is 0 Å². The van der Waals surface area contributed by atoms with E-state index >= 15 is 0 Å². The molecule has 10 heteroatoms. The molecule has 3 rings (SSSR count). The quantitative estimate of drug-likeness (QED) is 0.370. The molecule has 0 saturated carbocycles. The van der Waals surface area contributed by atoms with E-state index in [1.54, 1.807) is 30.3 Å². The summed E-state index contributed by atoms with van der Waals surface area (Å²) in [6, 6.07) is 16.1. The van der Waals surface area contributed by atoms with E-state index in [1.165, 1.54) is 44.7 Å². The molecular weight excluding hydrogens is 461 g/mol. The van der Waals surface area contributed by atoms with E-state index in [-0.39, 0.29) is 10.6 Å². The minimum Gasteiger partial charge on any atom is -0.497 e. The Balaban J connectivity index is 1.82. The highest BCUT2D eigenvalue weighted by Gasteiger charge is 2.27. The van der Waals surface area contributed by atoms with Gasteiger partial charge in [-0.05, 0) is 55.5 Å². The summed E-state index contributed by atoms with van der Waals surface area (Å²) in [4.78, 5) is 12.6. The van der Waals surface area contributed by atoms with Crippen molar-refractivity contribution in [2.45, 2.75) is 11.8 Å². The number of anilines is 1. The highest BCUT2D eigenvalue weighted by atomic mass is 32.2. The van der Waals surface area contributed by atoms with Crippen molar-refractivity contribution in [3.63, 3.8) is 0 Å². The number of carbonyl (C=O) groups excluding carboxylic acids is 1. The maximum absolute atomic E-state index is 13.4. The number of ether oxygens (including phenoxy) is 2. The van der Waals surface area contributed by atoms with Crippen LogP contribution in [0.4, 0.5) is 10.1 Å². The molecule has 1 amide bonds. The van der Waals surface area contributed by atoms with Gasteiger partial charge in [-0.3, -0.25) is 9.10 Å². The molecule has 0 fully saturated rings. The van der Waals surface area contributed by atoms with Crippen molar-refractivity contribution in [1.29, 1.82) is 0 Å². The van der Waals surface area contributed by atoms with Gasteiger partial charge in [0.05, 0.1) is 31.0 Å². The molecule has 0 aliphatic carbocycles. The van der Waals surface area contributed by atoms with Gasteiger partial charge in [0.2, 0.25) is 0 Å². The van der Waals surface area contributed by atoms with Crippen LogP contribution in [0.5, 0.6) is 11.5 Å². The Kier molecular flexibility index (Phi) is 7.85. The molecule has 3 aromatic rings. The average Bonchev–Trinajstić information content (AvgIpc) is 2.83. The van der Waals surface area contributed by atoms with Crippen LogP contribution in [-0.2, 0) is 14.8 Å². The first kappa shape index (κ1) is 24.7. The van der Waals surface area contributed by atoms with E-state index in [9.17, 15) is 17.6 Å². The number of hydrogen-bond acceptors (Lipinski definition) is 6. The lowest BCUT2D eigenvalue weighted by Gasteiger charge is -2.23. The number of nitrogens with one attached hydrogen (secondary N) is 1. The van der Waals surface area contributed by atoms with Crippen molar-refractivity contribution in [3.8, 4) is 11.5 Å². The van der Waals surface area contributed by atoms with E-state index in [0.717, 1.165) is 22.0 Å². The fourth-order valence-corrected chi connectivity index (χ4v) is 4.45. The minimum atomic E-state index is -4.11. The van der Waals surface area contributed by atoms with Gasteiger partial charge in [0.25, 0.3) is 15.9 Å².